The van der Waals surface area contributed by atoms with Crippen molar-refractivity contribution in [3.8, 4) is 0 Å². The highest BCUT2D eigenvalue weighted by Gasteiger charge is 2.08. The molecule has 0 aliphatic rings. The van der Waals surface area contributed by atoms with Crippen molar-refractivity contribution in [3.63, 3.8) is 0 Å². The first-order chi connectivity index (χ1) is 8.16. The molecule has 2 rings (SSSR count). The molecule has 2 nitrogen and oxygen atoms in total. The summed E-state index contributed by atoms with van der Waals surface area (Å²) < 4.78 is 5.34. The Kier molecular flexibility index (Phi) is 3.87. The lowest BCUT2D eigenvalue weighted by Crippen LogP contribution is -2.17. The van der Waals surface area contributed by atoms with Crippen LogP contribution in [0.5, 0.6) is 0 Å². The summed E-state index contributed by atoms with van der Waals surface area (Å²) in [6.45, 7) is 4.84. The molecule has 1 atom stereocenters. The number of aryl methyl sites for hydroxylation is 1. The average Bonchev–Trinajstić information content (AvgIpc) is 2.81. The van der Waals surface area contributed by atoms with E-state index in [-0.39, 0.29) is 6.04 Å². The zero-order chi connectivity index (χ0) is 12.3. The van der Waals surface area contributed by atoms with Crippen LogP contribution in [0.1, 0.15) is 29.9 Å². The average molecular weight is 250 g/mol. The topological polar surface area (TPSA) is 25.2 Å². The van der Waals surface area contributed by atoms with Gasteiger partial charge in [0.2, 0.25) is 0 Å². The third-order valence-electron chi connectivity index (χ3n) is 2.78. The second kappa shape index (κ2) is 5.39. The summed E-state index contributed by atoms with van der Waals surface area (Å²) in [4.78, 5) is 0. The molecule has 2 aromatic rings. The number of nitrogens with one attached hydrogen (secondary N) is 1. The monoisotopic (exact) mass is 249 g/mol. The molecule has 1 N–H and O–H groups in total. The van der Waals surface area contributed by atoms with Crippen molar-refractivity contribution in [1.82, 2.24) is 5.32 Å². The summed E-state index contributed by atoms with van der Waals surface area (Å²) in [7, 11) is 0. The van der Waals surface area contributed by atoms with Crippen molar-refractivity contribution >= 4 is 11.6 Å². The second-order valence-corrected chi connectivity index (χ2v) is 4.62. The summed E-state index contributed by atoms with van der Waals surface area (Å²) in [5.74, 6) is 0.938. The van der Waals surface area contributed by atoms with Crippen LogP contribution < -0.4 is 5.32 Å². The van der Waals surface area contributed by atoms with Gasteiger partial charge in [0, 0.05) is 11.6 Å². The molecule has 0 aliphatic carbocycles. The van der Waals surface area contributed by atoms with E-state index in [2.05, 4.69) is 24.4 Å². The Morgan fingerprint density at radius 2 is 2.18 bits per heavy atom. The quantitative estimate of drug-likeness (QED) is 0.883. The number of hydrogen-bond acceptors (Lipinski definition) is 2. The smallest absolute Gasteiger partial charge is 0.120 e. The van der Waals surface area contributed by atoms with Crippen LogP contribution in [-0.4, -0.2) is 0 Å². The summed E-state index contributed by atoms with van der Waals surface area (Å²) in [5, 5.41) is 4.19. The van der Waals surface area contributed by atoms with E-state index < -0.39 is 0 Å². The van der Waals surface area contributed by atoms with E-state index in [4.69, 9.17) is 16.0 Å². The van der Waals surface area contributed by atoms with E-state index in [1.165, 1.54) is 5.56 Å². The van der Waals surface area contributed by atoms with E-state index >= 15 is 0 Å². The van der Waals surface area contributed by atoms with Gasteiger partial charge in [-0.15, -0.1) is 0 Å². The standard InChI is InChI=1S/C14H16ClNO/c1-10-5-6-12(13(15)8-10)9-16-11(2)14-4-3-7-17-14/h3-8,11,16H,9H2,1-2H3. The lowest BCUT2D eigenvalue weighted by atomic mass is 10.1. The van der Waals surface area contributed by atoms with E-state index in [1.807, 2.05) is 25.1 Å². The van der Waals surface area contributed by atoms with Crippen LogP contribution in [-0.2, 0) is 6.54 Å². The van der Waals surface area contributed by atoms with Crippen molar-refractivity contribution in [2.75, 3.05) is 0 Å². The fraction of sp³-hybridized carbons (Fsp3) is 0.286. The molecule has 0 saturated carbocycles. The Morgan fingerprint density at radius 1 is 1.35 bits per heavy atom. The molecule has 0 radical (unpaired) electrons. The lowest BCUT2D eigenvalue weighted by Gasteiger charge is -2.12. The third kappa shape index (κ3) is 3.11. The molecule has 0 amide bonds. The maximum atomic E-state index is 6.17. The first-order valence-corrected chi connectivity index (χ1v) is 6.06. The van der Waals surface area contributed by atoms with Gasteiger partial charge in [0.1, 0.15) is 5.76 Å². The van der Waals surface area contributed by atoms with Crippen LogP contribution in [0.2, 0.25) is 5.02 Å². The van der Waals surface area contributed by atoms with Crippen molar-refractivity contribution < 1.29 is 4.42 Å². The second-order valence-electron chi connectivity index (χ2n) is 4.21. The molecule has 1 aromatic carbocycles. The predicted octanol–water partition coefficient (Wildman–Crippen LogP) is 4.09. The fourth-order valence-corrected chi connectivity index (χ4v) is 2.00. The minimum Gasteiger partial charge on any atom is -0.468 e. The Morgan fingerprint density at radius 3 is 2.82 bits per heavy atom. The summed E-state index contributed by atoms with van der Waals surface area (Å²) in [5.41, 5.74) is 2.29. The third-order valence-corrected chi connectivity index (χ3v) is 3.13. The highest BCUT2D eigenvalue weighted by molar-refractivity contribution is 6.31. The SMILES string of the molecule is Cc1ccc(CNC(C)c2ccco2)c(Cl)c1. The molecule has 1 aromatic heterocycles. The maximum absolute atomic E-state index is 6.17. The van der Waals surface area contributed by atoms with Crippen molar-refractivity contribution in [3.05, 3.63) is 58.5 Å². The Labute approximate surface area is 107 Å². The molecule has 3 heteroatoms. The van der Waals surface area contributed by atoms with Gasteiger partial charge in [0.15, 0.2) is 0 Å². The fourth-order valence-electron chi connectivity index (χ4n) is 1.70. The zero-order valence-electron chi connectivity index (χ0n) is 10.0. The van der Waals surface area contributed by atoms with Gasteiger partial charge >= 0.3 is 0 Å². The minimum absolute atomic E-state index is 0.183. The number of halogens is 1. The van der Waals surface area contributed by atoms with Crippen LogP contribution in [0.15, 0.2) is 41.0 Å². The van der Waals surface area contributed by atoms with Crippen LogP contribution >= 0.6 is 11.6 Å². The van der Waals surface area contributed by atoms with Gasteiger partial charge in [0.25, 0.3) is 0 Å². The van der Waals surface area contributed by atoms with Crippen LogP contribution in [0.4, 0.5) is 0 Å². The minimum atomic E-state index is 0.183. The molecule has 0 saturated heterocycles. The molecule has 0 fully saturated rings. The summed E-state index contributed by atoms with van der Waals surface area (Å²) >= 11 is 6.17. The van der Waals surface area contributed by atoms with Crippen molar-refractivity contribution in [2.24, 2.45) is 0 Å². The van der Waals surface area contributed by atoms with Gasteiger partial charge < -0.3 is 9.73 Å². The molecule has 0 bridgehead atoms. The van der Waals surface area contributed by atoms with Gasteiger partial charge in [-0.2, -0.15) is 0 Å². The normalized spacial score (nSPS) is 12.6. The molecule has 1 unspecified atom stereocenters. The summed E-state index contributed by atoms with van der Waals surface area (Å²) in [6.07, 6.45) is 1.69. The largest absolute Gasteiger partial charge is 0.468 e. The van der Waals surface area contributed by atoms with E-state index in [1.54, 1.807) is 6.26 Å². The van der Waals surface area contributed by atoms with Crippen LogP contribution in [0, 0.1) is 6.92 Å². The Balaban J connectivity index is 1.98. The van der Waals surface area contributed by atoms with Gasteiger partial charge in [-0.1, -0.05) is 23.7 Å². The van der Waals surface area contributed by atoms with E-state index in [0.29, 0.717) is 0 Å². The number of hydrogen-bond donors (Lipinski definition) is 1. The van der Waals surface area contributed by atoms with Crippen LogP contribution in [0.25, 0.3) is 0 Å². The maximum Gasteiger partial charge on any atom is 0.120 e. The molecule has 1 heterocycles. The molecule has 0 spiro atoms. The van der Waals surface area contributed by atoms with Gasteiger partial charge in [0.05, 0.1) is 12.3 Å². The first kappa shape index (κ1) is 12.2. The zero-order valence-corrected chi connectivity index (χ0v) is 10.8. The molecular weight excluding hydrogens is 234 g/mol. The summed E-state index contributed by atoms with van der Waals surface area (Å²) in [6, 6.07) is 10.2. The molecule has 90 valence electrons. The Hall–Kier alpha value is -1.25. The first-order valence-electron chi connectivity index (χ1n) is 5.68. The predicted molar refractivity (Wildman–Crippen MR) is 70.2 cm³/mol. The van der Waals surface area contributed by atoms with Crippen LogP contribution in [0.3, 0.4) is 0 Å². The lowest BCUT2D eigenvalue weighted by molar-refractivity contribution is 0.430. The molecular formula is C14H16ClNO. The van der Waals surface area contributed by atoms with Gasteiger partial charge in [-0.3, -0.25) is 0 Å². The van der Waals surface area contributed by atoms with E-state index in [0.717, 1.165) is 22.9 Å². The van der Waals surface area contributed by atoms with Gasteiger partial charge in [-0.25, -0.2) is 0 Å². The molecule has 17 heavy (non-hydrogen) atoms. The van der Waals surface area contributed by atoms with E-state index in [9.17, 15) is 0 Å². The molecule has 0 aliphatic heterocycles. The highest BCUT2D eigenvalue weighted by atomic mass is 35.5. The number of rotatable bonds is 4. The van der Waals surface area contributed by atoms with Crippen molar-refractivity contribution in [1.29, 1.82) is 0 Å². The number of benzene rings is 1. The number of furan rings is 1. The Bertz CT molecular complexity index is 479. The van der Waals surface area contributed by atoms with Gasteiger partial charge in [-0.05, 0) is 43.2 Å². The highest BCUT2D eigenvalue weighted by Crippen LogP contribution is 2.19. The van der Waals surface area contributed by atoms with Crippen molar-refractivity contribution in [2.45, 2.75) is 26.4 Å².